The minimum atomic E-state index is -0.506. The standard InChI is InChI=1S/C15H14O3/c1-4-13(16)18-15-10(3)9(2)14(17)11-7-5-6-8-12(11)15/h4-8,17H,1H2,2-3H3. The van der Waals surface area contributed by atoms with Crippen LogP contribution < -0.4 is 4.74 Å². The van der Waals surface area contributed by atoms with Gasteiger partial charge in [0.25, 0.3) is 0 Å². The molecule has 2 aromatic carbocycles. The molecule has 0 unspecified atom stereocenters. The van der Waals surface area contributed by atoms with Gasteiger partial charge in [0.1, 0.15) is 11.5 Å². The molecule has 0 radical (unpaired) electrons. The van der Waals surface area contributed by atoms with Crippen molar-refractivity contribution in [3.8, 4) is 11.5 Å². The number of phenolic OH excluding ortho intramolecular Hbond substituents is 1. The van der Waals surface area contributed by atoms with E-state index in [0.717, 1.165) is 11.6 Å². The molecule has 0 saturated carbocycles. The normalized spacial score (nSPS) is 10.3. The van der Waals surface area contributed by atoms with Gasteiger partial charge in [0.05, 0.1) is 0 Å². The van der Waals surface area contributed by atoms with E-state index in [1.165, 1.54) is 0 Å². The topological polar surface area (TPSA) is 46.5 Å². The molecule has 1 N–H and O–H groups in total. The Labute approximate surface area is 105 Å². The van der Waals surface area contributed by atoms with Gasteiger partial charge in [-0.25, -0.2) is 4.79 Å². The summed E-state index contributed by atoms with van der Waals surface area (Å²) in [5, 5.41) is 11.5. The Morgan fingerprint density at radius 1 is 1.22 bits per heavy atom. The molecule has 0 saturated heterocycles. The lowest BCUT2D eigenvalue weighted by atomic mass is 9.99. The van der Waals surface area contributed by atoms with Crippen LogP contribution in [-0.2, 0) is 4.79 Å². The van der Waals surface area contributed by atoms with Crippen LogP contribution in [0.15, 0.2) is 36.9 Å². The summed E-state index contributed by atoms with van der Waals surface area (Å²) in [7, 11) is 0. The van der Waals surface area contributed by atoms with E-state index < -0.39 is 5.97 Å². The maximum Gasteiger partial charge on any atom is 0.335 e. The largest absolute Gasteiger partial charge is 0.507 e. The lowest BCUT2D eigenvalue weighted by molar-refractivity contribution is -0.128. The van der Waals surface area contributed by atoms with Crippen molar-refractivity contribution in [3.63, 3.8) is 0 Å². The van der Waals surface area contributed by atoms with Crippen molar-refractivity contribution in [1.82, 2.24) is 0 Å². The van der Waals surface area contributed by atoms with E-state index in [-0.39, 0.29) is 5.75 Å². The molecule has 92 valence electrons. The SMILES string of the molecule is C=CC(=O)Oc1c(C)c(C)c(O)c2ccccc12. The smallest absolute Gasteiger partial charge is 0.335 e. The van der Waals surface area contributed by atoms with Crippen molar-refractivity contribution < 1.29 is 14.6 Å². The van der Waals surface area contributed by atoms with Gasteiger partial charge in [0.15, 0.2) is 0 Å². The van der Waals surface area contributed by atoms with Crippen LogP contribution >= 0.6 is 0 Å². The minimum Gasteiger partial charge on any atom is -0.507 e. The molecule has 0 aliphatic rings. The molecule has 0 fully saturated rings. The average molecular weight is 242 g/mol. The van der Waals surface area contributed by atoms with Crippen molar-refractivity contribution in [2.75, 3.05) is 0 Å². The monoisotopic (exact) mass is 242 g/mol. The highest BCUT2D eigenvalue weighted by Crippen LogP contribution is 2.39. The van der Waals surface area contributed by atoms with Crippen molar-refractivity contribution in [2.24, 2.45) is 0 Å². The highest BCUT2D eigenvalue weighted by Gasteiger charge is 2.15. The van der Waals surface area contributed by atoms with Gasteiger partial charge in [0.2, 0.25) is 0 Å². The van der Waals surface area contributed by atoms with Gasteiger partial charge in [-0.2, -0.15) is 0 Å². The molecule has 2 rings (SSSR count). The second-order valence-corrected chi connectivity index (χ2v) is 4.10. The Morgan fingerprint density at radius 3 is 2.44 bits per heavy atom. The summed E-state index contributed by atoms with van der Waals surface area (Å²) in [6.45, 7) is 6.99. The zero-order valence-corrected chi connectivity index (χ0v) is 10.4. The van der Waals surface area contributed by atoms with E-state index in [2.05, 4.69) is 6.58 Å². The molecule has 3 heteroatoms. The van der Waals surface area contributed by atoms with E-state index in [0.29, 0.717) is 22.1 Å². The Kier molecular flexibility index (Phi) is 3.06. The van der Waals surface area contributed by atoms with Crippen molar-refractivity contribution in [2.45, 2.75) is 13.8 Å². The van der Waals surface area contributed by atoms with E-state index in [1.807, 2.05) is 25.1 Å². The molecule has 0 spiro atoms. The number of ether oxygens (including phenoxy) is 1. The first-order valence-electron chi connectivity index (χ1n) is 5.61. The summed E-state index contributed by atoms with van der Waals surface area (Å²) in [5.41, 5.74) is 1.46. The van der Waals surface area contributed by atoms with Gasteiger partial charge in [-0.15, -0.1) is 0 Å². The molecular formula is C15H14O3. The van der Waals surface area contributed by atoms with Crippen LogP contribution in [0.25, 0.3) is 10.8 Å². The number of fused-ring (bicyclic) bond motifs is 1. The van der Waals surface area contributed by atoms with Gasteiger partial charge in [0, 0.05) is 16.8 Å². The molecule has 0 aliphatic heterocycles. The van der Waals surface area contributed by atoms with Crippen molar-refractivity contribution in [3.05, 3.63) is 48.0 Å². The summed E-state index contributed by atoms with van der Waals surface area (Å²) < 4.78 is 5.28. The molecule has 2 aromatic rings. The molecule has 0 aromatic heterocycles. The van der Waals surface area contributed by atoms with E-state index in [4.69, 9.17) is 4.74 Å². The second kappa shape index (κ2) is 4.53. The maximum atomic E-state index is 11.4. The van der Waals surface area contributed by atoms with Crippen LogP contribution in [-0.4, -0.2) is 11.1 Å². The fourth-order valence-corrected chi connectivity index (χ4v) is 1.91. The lowest BCUT2D eigenvalue weighted by Gasteiger charge is -2.14. The zero-order valence-electron chi connectivity index (χ0n) is 10.4. The third kappa shape index (κ3) is 1.84. The minimum absolute atomic E-state index is 0.224. The third-order valence-electron chi connectivity index (χ3n) is 3.05. The van der Waals surface area contributed by atoms with Gasteiger partial charge in [-0.1, -0.05) is 30.8 Å². The number of carbonyl (C=O) groups is 1. The fraction of sp³-hybridized carbons (Fsp3) is 0.133. The predicted molar refractivity (Wildman–Crippen MR) is 70.9 cm³/mol. The zero-order chi connectivity index (χ0) is 13.3. The summed E-state index contributed by atoms with van der Waals surface area (Å²) in [6, 6.07) is 7.27. The number of phenols is 1. The van der Waals surface area contributed by atoms with Crippen LogP contribution in [0.5, 0.6) is 11.5 Å². The third-order valence-corrected chi connectivity index (χ3v) is 3.05. The molecule has 0 atom stereocenters. The van der Waals surface area contributed by atoms with Crippen LogP contribution in [0.1, 0.15) is 11.1 Å². The molecular weight excluding hydrogens is 228 g/mol. The maximum absolute atomic E-state index is 11.4. The summed E-state index contributed by atoms with van der Waals surface area (Å²) in [4.78, 5) is 11.4. The van der Waals surface area contributed by atoms with Crippen molar-refractivity contribution in [1.29, 1.82) is 0 Å². The fourth-order valence-electron chi connectivity index (χ4n) is 1.91. The lowest BCUT2D eigenvalue weighted by Crippen LogP contribution is -2.05. The molecule has 0 bridgehead atoms. The van der Waals surface area contributed by atoms with E-state index in [9.17, 15) is 9.90 Å². The summed E-state index contributed by atoms with van der Waals surface area (Å²) >= 11 is 0. The highest BCUT2D eigenvalue weighted by molar-refractivity contribution is 5.97. The molecule has 0 heterocycles. The van der Waals surface area contributed by atoms with Crippen molar-refractivity contribution >= 4 is 16.7 Å². The molecule has 0 amide bonds. The highest BCUT2D eigenvalue weighted by atomic mass is 16.5. The van der Waals surface area contributed by atoms with Gasteiger partial charge in [-0.05, 0) is 25.0 Å². The van der Waals surface area contributed by atoms with Crippen LogP contribution in [0.4, 0.5) is 0 Å². The first-order valence-corrected chi connectivity index (χ1v) is 5.61. The van der Waals surface area contributed by atoms with Crippen LogP contribution in [0, 0.1) is 13.8 Å². The first-order chi connectivity index (χ1) is 8.56. The second-order valence-electron chi connectivity index (χ2n) is 4.10. The van der Waals surface area contributed by atoms with Gasteiger partial charge >= 0.3 is 5.97 Å². The van der Waals surface area contributed by atoms with Gasteiger partial charge < -0.3 is 9.84 Å². The molecule has 0 aliphatic carbocycles. The van der Waals surface area contributed by atoms with E-state index >= 15 is 0 Å². The predicted octanol–water partition coefficient (Wildman–Crippen LogP) is 3.25. The van der Waals surface area contributed by atoms with E-state index in [1.54, 1.807) is 13.0 Å². The Bertz CT molecular complexity index is 642. The Balaban J connectivity index is 2.78. The average Bonchev–Trinajstić information content (AvgIpc) is 2.40. The molecule has 3 nitrogen and oxygen atoms in total. The van der Waals surface area contributed by atoms with Crippen LogP contribution in [0.3, 0.4) is 0 Å². The number of aromatic hydroxyl groups is 1. The quantitative estimate of drug-likeness (QED) is 0.499. The number of benzene rings is 2. The number of hydrogen-bond acceptors (Lipinski definition) is 3. The number of hydrogen-bond donors (Lipinski definition) is 1. The first kappa shape index (κ1) is 12.2. The number of esters is 1. The number of rotatable bonds is 2. The molecule has 18 heavy (non-hydrogen) atoms. The number of carbonyl (C=O) groups excluding carboxylic acids is 1. The Morgan fingerprint density at radius 2 is 1.83 bits per heavy atom. The van der Waals surface area contributed by atoms with Gasteiger partial charge in [-0.3, -0.25) is 0 Å². The Hall–Kier alpha value is -2.29. The summed E-state index contributed by atoms with van der Waals surface area (Å²) in [5.74, 6) is 0.195. The van der Waals surface area contributed by atoms with Crippen LogP contribution in [0.2, 0.25) is 0 Å². The summed E-state index contributed by atoms with van der Waals surface area (Å²) in [6.07, 6.45) is 1.12.